The van der Waals surface area contributed by atoms with Crippen molar-refractivity contribution in [2.45, 2.75) is 33.2 Å². The Morgan fingerprint density at radius 3 is 2.76 bits per heavy atom. The highest BCUT2D eigenvalue weighted by molar-refractivity contribution is 14.0. The predicted octanol–water partition coefficient (Wildman–Crippen LogP) is 3.17. The molecule has 0 unspecified atom stereocenters. The summed E-state index contributed by atoms with van der Waals surface area (Å²) in [4.78, 5) is 8.80. The van der Waals surface area contributed by atoms with Gasteiger partial charge in [0, 0.05) is 37.7 Å². The van der Waals surface area contributed by atoms with Crippen molar-refractivity contribution in [3.8, 4) is 0 Å². The summed E-state index contributed by atoms with van der Waals surface area (Å²) in [5, 5.41) is 8.81. The number of nitrogens with zero attached hydrogens (tertiary/aromatic N) is 2. The second-order valence-electron chi connectivity index (χ2n) is 6.14. The lowest BCUT2D eigenvalue weighted by Crippen LogP contribution is -2.40. The molecule has 0 atom stereocenters. The maximum Gasteiger partial charge on any atom is 0.191 e. The lowest BCUT2D eigenvalue weighted by atomic mass is 9.97. The van der Waals surface area contributed by atoms with Gasteiger partial charge in [0.1, 0.15) is 0 Å². The molecular formula is C18H33IN4OS. The van der Waals surface area contributed by atoms with Crippen LogP contribution in [0.5, 0.6) is 0 Å². The van der Waals surface area contributed by atoms with E-state index in [2.05, 4.69) is 40.0 Å². The molecule has 2 rings (SSSR count). The number of guanidine groups is 1. The highest BCUT2D eigenvalue weighted by Gasteiger charge is 2.19. The van der Waals surface area contributed by atoms with Crippen LogP contribution in [-0.2, 0) is 11.3 Å². The summed E-state index contributed by atoms with van der Waals surface area (Å²) in [6.07, 6.45) is 2.49. The summed E-state index contributed by atoms with van der Waals surface area (Å²) < 4.78 is 5.36. The minimum atomic E-state index is 0. The Bertz CT molecular complexity index is 462. The second-order valence-corrected chi connectivity index (χ2v) is 7.17. The van der Waals surface area contributed by atoms with Crippen molar-refractivity contribution in [3.63, 3.8) is 0 Å². The lowest BCUT2D eigenvalue weighted by Gasteiger charge is -2.31. The lowest BCUT2D eigenvalue weighted by molar-refractivity contribution is 0.152. The van der Waals surface area contributed by atoms with Gasteiger partial charge < -0.3 is 15.4 Å². The van der Waals surface area contributed by atoms with Crippen LogP contribution in [0.15, 0.2) is 22.5 Å². The van der Waals surface area contributed by atoms with Gasteiger partial charge in [0.05, 0.1) is 6.61 Å². The van der Waals surface area contributed by atoms with Gasteiger partial charge in [-0.3, -0.25) is 9.89 Å². The van der Waals surface area contributed by atoms with E-state index in [1.165, 1.54) is 30.8 Å². The first kappa shape index (κ1) is 22.7. The number of likely N-dealkylation sites (tertiary alicyclic amines) is 1. The maximum atomic E-state index is 5.36. The van der Waals surface area contributed by atoms with E-state index in [4.69, 9.17) is 9.73 Å². The number of thiophene rings is 1. The standard InChI is InChI=1S/C18H32N4OS.HI/c1-3-19-18(20-9-12-23-4-2)21-14-16-7-10-22(11-8-16)15-17-6-5-13-24-17;/h5-6,13,16H,3-4,7-12,14-15H2,1-2H3,(H2,19,20,21);1H. The normalized spacial score (nSPS) is 16.5. The molecule has 144 valence electrons. The van der Waals surface area contributed by atoms with E-state index in [9.17, 15) is 0 Å². The van der Waals surface area contributed by atoms with E-state index in [0.29, 0.717) is 5.92 Å². The third kappa shape index (κ3) is 9.21. The summed E-state index contributed by atoms with van der Waals surface area (Å²) in [7, 11) is 0. The molecule has 1 aromatic heterocycles. The van der Waals surface area contributed by atoms with Crippen molar-refractivity contribution in [2.24, 2.45) is 10.9 Å². The number of rotatable bonds is 9. The van der Waals surface area contributed by atoms with Gasteiger partial charge in [-0.15, -0.1) is 35.3 Å². The van der Waals surface area contributed by atoms with Gasteiger partial charge in [0.15, 0.2) is 5.96 Å². The van der Waals surface area contributed by atoms with Gasteiger partial charge in [0.2, 0.25) is 0 Å². The molecule has 0 amide bonds. The highest BCUT2D eigenvalue weighted by Crippen LogP contribution is 2.20. The Hall–Kier alpha value is -0.380. The summed E-state index contributed by atoms with van der Waals surface area (Å²) in [5.41, 5.74) is 0. The number of nitrogens with one attached hydrogen (secondary N) is 2. The predicted molar refractivity (Wildman–Crippen MR) is 118 cm³/mol. The first-order valence-corrected chi connectivity index (χ1v) is 10.0. The van der Waals surface area contributed by atoms with Crippen molar-refractivity contribution in [3.05, 3.63) is 22.4 Å². The van der Waals surface area contributed by atoms with E-state index < -0.39 is 0 Å². The molecule has 1 saturated heterocycles. The first-order chi connectivity index (χ1) is 11.8. The largest absolute Gasteiger partial charge is 0.380 e. The Morgan fingerprint density at radius 1 is 1.32 bits per heavy atom. The molecule has 1 aliphatic rings. The zero-order valence-electron chi connectivity index (χ0n) is 15.5. The van der Waals surface area contributed by atoms with Gasteiger partial charge in [0.25, 0.3) is 0 Å². The van der Waals surface area contributed by atoms with Crippen LogP contribution < -0.4 is 10.6 Å². The molecule has 0 aliphatic carbocycles. The van der Waals surface area contributed by atoms with Crippen LogP contribution in [0.2, 0.25) is 0 Å². The fourth-order valence-corrected chi connectivity index (χ4v) is 3.64. The molecular weight excluding hydrogens is 447 g/mol. The maximum absolute atomic E-state index is 5.36. The SMILES string of the molecule is CCNC(=NCC1CCN(Cc2cccs2)CC1)NCCOCC.I. The molecule has 0 bridgehead atoms. The van der Waals surface area contributed by atoms with Crippen LogP contribution in [-0.4, -0.2) is 56.8 Å². The number of hydrogen-bond acceptors (Lipinski definition) is 4. The van der Waals surface area contributed by atoms with Crippen LogP contribution in [0.4, 0.5) is 0 Å². The Balaban J connectivity index is 0.00000312. The molecule has 25 heavy (non-hydrogen) atoms. The van der Waals surface area contributed by atoms with Crippen LogP contribution in [0.3, 0.4) is 0 Å². The van der Waals surface area contributed by atoms with E-state index in [1.807, 2.05) is 18.3 Å². The van der Waals surface area contributed by atoms with Crippen LogP contribution >= 0.6 is 35.3 Å². The quantitative estimate of drug-likeness (QED) is 0.247. The first-order valence-electron chi connectivity index (χ1n) is 9.16. The fourth-order valence-electron chi connectivity index (χ4n) is 2.90. The highest BCUT2D eigenvalue weighted by atomic mass is 127. The molecule has 5 nitrogen and oxygen atoms in total. The Kier molecular flexibility index (Phi) is 12.5. The third-order valence-electron chi connectivity index (χ3n) is 4.26. The van der Waals surface area contributed by atoms with Crippen molar-refractivity contribution in [2.75, 3.05) is 45.9 Å². The number of aliphatic imine (C=N–C) groups is 1. The van der Waals surface area contributed by atoms with Crippen LogP contribution in [0.25, 0.3) is 0 Å². The molecule has 2 heterocycles. The molecule has 0 spiro atoms. The molecule has 0 aromatic carbocycles. The average molecular weight is 480 g/mol. The minimum Gasteiger partial charge on any atom is -0.380 e. The second kappa shape index (κ2) is 13.8. The van der Waals surface area contributed by atoms with Gasteiger partial charge in [-0.05, 0) is 57.1 Å². The number of ether oxygens (including phenoxy) is 1. The van der Waals surface area contributed by atoms with Crippen molar-refractivity contribution in [1.29, 1.82) is 0 Å². The zero-order chi connectivity index (χ0) is 17.0. The summed E-state index contributed by atoms with van der Waals surface area (Å²) in [6, 6.07) is 4.37. The van der Waals surface area contributed by atoms with Gasteiger partial charge in [-0.1, -0.05) is 6.07 Å². The summed E-state index contributed by atoms with van der Waals surface area (Å²) in [6.45, 7) is 11.7. The smallest absolute Gasteiger partial charge is 0.191 e. The van der Waals surface area contributed by atoms with E-state index in [0.717, 1.165) is 45.4 Å². The van der Waals surface area contributed by atoms with Crippen molar-refractivity contribution < 1.29 is 4.74 Å². The number of hydrogen-bond donors (Lipinski definition) is 2. The van der Waals surface area contributed by atoms with E-state index in [1.54, 1.807) is 0 Å². The van der Waals surface area contributed by atoms with Gasteiger partial charge in [-0.2, -0.15) is 0 Å². The molecule has 7 heteroatoms. The van der Waals surface area contributed by atoms with Crippen LogP contribution in [0, 0.1) is 5.92 Å². The summed E-state index contributed by atoms with van der Waals surface area (Å²) in [5.74, 6) is 1.62. The van der Waals surface area contributed by atoms with Gasteiger partial charge >= 0.3 is 0 Å². The van der Waals surface area contributed by atoms with E-state index in [-0.39, 0.29) is 24.0 Å². The molecule has 0 saturated carbocycles. The molecule has 1 fully saturated rings. The number of piperidine rings is 1. The van der Waals surface area contributed by atoms with Crippen LogP contribution in [0.1, 0.15) is 31.6 Å². The van der Waals surface area contributed by atoms with E-state index >= 15 is 0 Å². The summed E-state index contributed by atoms with van der Waals surface area (Å²) >= 11 is 1.86. The Morgan fingerprint density at radius 2 is 2.12 bits per heavy atom. The Labute approximate surface area is 173 Å². The number of halogens is 1. The van der Waals surface area contributed by atoms with Gasteiger partial charge in [-0.25, -0.2) is 0 Å². The van der Waals surface area contributed by atoms with Crippen molar-refractivity contribution in [1.82, 2.24) is 15.5 Å². The van der Waals surface area contributed by atoms with Crippen molar-refractivity contribution >= 4 is 41.3 Å². The molecule has 2 N–H and O–H groups in total. The molecule has 0 radical (unpaired) electrons. The average Bonchev–Trinajstić information content (AvgIpc) is 3.11. The third-order valence-corrected chi connectivity index (χ3v) is 5.12. The minimum absolute atomic E-state index is 0. The molecule has 1 aliphatic heterocycles. The zero-order valence-corrected chi connectivity index (χ0v) is 18.6. The topological polar surface area (TPSA) is 48.9 Å². The fraction of sp³-hybridized carbons (Fsp3) is 0.722. The monoisotopic (exact) mass is 480 g/mol. The molecule has 1 aromatic rings.